The largest absolute Gasteiger partial charge is 0.480 e. The van der Waals surface area contributed by atoms with Crippen molar-refractivity contribution < 1.29 is 27.9 Å². The first-order valence-corrected chi connectivity index (χ1v) is 14.7. The Morgan fingerprint density at radius 1 is 1.06 bits per heavy atom. The summed E-state index contributed by atoms with van der Waals surface area (Å²) in [6, 6.07) is 16.6. The highest BCUT2D eigenvalue weighted by Gasteiger charge is 2.68. The van der Waals surface area contributed by atoms with Crippen LogP contribution >= 0.6 is 11.8 Å². The minimum absolute atomic E-state index is 0.155. The van der Waals surface area contributed by atoms with Crippen LogP contribution in [0.5, 0.6) is 0 Å². The first-order chi connectivity index (χ1) is 16.6. The molecule has 35 heavy (non-hydrogen) atoms. The van der Waals surface area contributed by atoms with Crippen LogP contribution in [0.1, 0.15) is 18.0 Å². The van der Waals surface area contributed by atoms with E-state index >= 15 is 0 Å². The Morgan fingerprint density at radius 2 is 1.69 bits per heavy atom. The molecule has 8 nitrogen and oxygen atoms in total. The van der Waals surface area contributed by atoms with Crippen molar-refractivity contribution in [3.63, 3.8) is 0 Å². The van der Waals surface area contributed by atoms with E-state index in [1.807, 2.05) is 60.9 Å². The minimum Gasteiger partial charge on any atom is -0.480 e. The van der Waals surface area contributed by atoms with E-state index < -0.39 is 51.0 Å². The Hall–Kier alpha value is -2.69. The second-order valence-electron chi connectivity index (χ2n) is 9.09. The van der Waals surface area contributed by atoms with Crippen LogP contribution in [0.4, 0.5) is 0 Å². The van der Waals surface area contributed by atoms with Gasteiger partial charge in [-0.05, 0) is 35.1 Å². The lowest BCUT2D eigenvalue weighted by Crippen LogP contribution is -2.56. The van der Waals surface area contributed by atoms with Gasteiger partial charge in [0.1, 0.15) is 15.4 Å². The van der Waals surface area contributed by atoms with E-state index in [1.54, 1.807) is 0 Å². The molecule has 2 N–H and O–H groups in total. The lowest BCUT2D eigenvalue weighted by molar-refractivity contribution is -0.151. The molecule has 4 atom stereocenters. The van der Waals surface area contributed by atoms with Crippen molar-refractivity contribution >= 4 is 39.4 Å². The first-order valence-electron chi connectivity index (χ1n) is 11.3. The molecule has 2 fully saturated rings. The van der Waals surface area contributed by atoms with Gasteiger partial charge >= 0.3 is 5.97 Å². The molecular formula is C25H28N2O6S2. The predicted molar refractivity (Wildman–Crippen MR) is 135 cm³/mol. The molecule has 0 aromatic heterocycles. The molecule has 10 heteroatoms. The van der Waals surface area contributed by atoms with Crippen LogP contribution in [-0.4, -0.2) is 72.3 Å². The van der Waals surface area contributed by atoms with Crippen molar-refractivity contribution in [1.29, 1.82) is 0 Å². The van der Waals surface area contributed by atoms with E-state index in [1.165, 1.54) is 11.8 Å². The van der Waals surface area contributed by atoms with Gasteiger partial charge in [-0.3, -0.25) is 24.6 Å². The van der Waals surface area contributed by atoms with E-state index in [2.05, 4.69) is 5.32 Å². The fourth-order valence-corrected chi connectivity index (χ4v) is 6.18. The van der Waals surface area contributed by atoms with Gasteiger partial charge in [0.25, 0.3) is 0 Å². The molecule has 2 aliphatic heterocycles. The van der Waals surface area contributed by atoms with Crippen LogP contribution in [0.25, 0.3) is 11.1 Å². The van der Waals surface area contributed by atoms with Gasteiger partial charge in [0, 0.05) is 18.8 Å². The number of hydrogen-bond acceptors (Lipinski definition) is 7. The molecule has 0 spiro atoms. The molecule has 2 aromatic rings. The summed E-state index contributed by atoms with van der Waals surface area (Å²) in [5.74, 6) is -4.26. The highest BCUT2D eigenvalue weighted by atomic mass is 32.2. The Labute approximate surface area is 209 Å². The Morgan fingerprint density at radius 3 is 2.26 bits per heavy atom. The summed E-state index contributed by atoms with van der Waals surface area (Å²) in [6.07, 6.45) is 3.04. The van der Waals surface area contributed by atoms with Crippen molar-refractivity contribution in [2.24, 2.45) is 11.8 Å². The van der Waals surface area contributed by atoms with Gasteiger partial charge in [0.05, 0.1) is 17.6 Å². The third-order valence-corrected chi connectivity index (χ3v) is 8.43. The molecule has 0 saturated carbocycles. The summed E-state index contributed by atoms with van der Waals surface area (Å²) < 4.78 is 23.4. The fraction of sp³-hybridized carbons (Fsp3) is 0.400. The topological polar surface area (TPSA) is 121 Å². The average Bonchev–Trinajstić information content (AvgIpc) is 3.31. The van der Waals surface area contributed by atoms with Crippen molar-refractivity contribution in [2.75, 3.05) is 30.6 Å². The maximum atomic E-state index is 13.4. The zero-order valence-electron chi connectivity index (χ0n) is 19.5. The van der Waals surface area contributed by atoms with Gasteiger partial charge in [-0.15, -0.1) is 0 Å². The quantitative estimate of drug-likeness (QED) is 0.487. The normalized spacial score (nSPS) is 26.2. The number of hydrogen-bond donors (Lipinski definition) is 2. The molecule has 0 radical (unpaired) electrons. The molecule has 4 unspecified atom stereocenters. The van der Waals surface area contributed by atoms with Crippen LogP contribution in [-0.2, 0) is 24.2 Å². The second kappa shape index (κ2) is 9.75. The second-order valence-corrected chi connectivity index (χ2v) is 12.3. The number of carbonyl (C=O) groups is 3. The smallest absolute Gasteiger partial charge is 0.324 e. The number of carboxylic acids is 1. The number of imide groups is 1. The number of benzene rings is 2. The number of carbonyl (C=O) groups excluding carboxylic acids is 2. The third-order valence-electron chi connectivity index (χ3n) is 6.89. The molecule has 2 saturated heterocycles. The molecule has 2 amide bonds. The third kappa shape index (κ3) is 4.74. The fourth-order valence-electron chi connectivity index (χ4n) is 5.14. The predicted octanol–water partition coefficient (Wildman–Crippen LogP) is 2.22. The zero-order chi connectivity index (χ0) is 25.4. The number of nitrogens with zero attached hydrogens (tertiary/aromatic N) is 1. The van der Waals surface area contributed by atoms with Crippen molar-refractivity contribution in [3.05, 3.63) is 60.2 Å². The van der Waals surface area contributed by atoms with Crippen LogP contribution in [0, 0.1) is 11.8 Å². The average molecular weight is 517 g/mol. The molecule has 0 aliphatic carbocycles. The summed E-state index contributed by atoms with van der Waals surface area (Å²) in [5.41, 5.74) is 1.08. The van der Waals surface area contributed by atoms with Gasteiger partial charge < -0.3 is 5.11 Å². The van der Waals surface area contributed by atoms with Crippen molar-refractivity contribution in [2.45, 2.75) is 18.0 Å². The van der Waals surface area contributed by atoms with Crippen molar-refractivity contribution in [1.82, 2.24) is 10.2 Å². The van der Waals surface area contributed by atoms with E-state index in [4.69, 9.17) is 0 Å². The SMILES string of the molecule is CSCCC1(C(=O)O)NC(c2ccc(-c3ccccc3)cc2)C2C(=O)N(CCS(C)(=O)=O)C(=O)C21. The monoisotopic (exact) mass is 516 g/mol. The number of aliphatic carboxylic acids is 1. The Balaban J connectivity index is 1.73. The van der Waals surface area contributed by atoms with Gasteiger partial charge in [-0.2, -0.15) is 11.8 Å². The van der Waals surface area contributed by atoms with E-state index in [9.17, 15) is 27.9 Å². The summed E-state index contributed by atoms with van der Waals surface area (Å²) in [7, 11) is -3.42. The van der Waals surface area contributed by atoms with E-state index in [0.29, 0.717) is 11.3 Å². The molecular weight excluding hydrogens is 488 g/mol. The Bertz CT molecular complexity index is 1230. The van der Waals surface area contributed by atoms with Gasteiger partial charge in [-0.1, -0.05) is 54.6 Å². The maximum Gasteiger partial charge on any atom is 0.324 e. The van der Waals surface area contributed by atoms with Gasteiger partial charge in [-0.25, -0.2) is 8.42 Å². The lowest BCUT2D eigenvalue weighted by Gasteiger charge is -2.31. The molecule has 2 aromatic carbocycles. The van der Waals surface area contributed by atoms with Crippen LogP contribution in [0.3, 0.4) is 0 Å². The molecule has 4 rings (SSSR count). The summed E-state index contributed by atoms with van der Waals surface area (Å²) >= 11 is 1.46. The molecule has 0 bridgehead atoms. The number of sulfone groups is 1. The number of likely N-dealkylation sites (tertiary alicyclic amines) is 1. The molecule has 186 valence electrons. The standard InChI is InChI=1S/C25H28N2O6S2/c1-34-14-12-25(24(30)31)20-19(22(28)27(23(20)29)13-15-35(2,32)33)21(26-25)18-10-8-17(9-11-18)16-6-4-3-5-7-16/h3-11,19-21,26H,12-15H2,1-2H3,(H,30,31). The number of rotatable bonds is 9. The van der Waals surface area contributed by atoms with Gasteiger partial charge in [0.15, 0.2) is 0 Å². The summed E-state index contributed by atoms with van der Waals surface area (Å²) in [6.45, 7) is -0.276. The number of nitrogens with one attached hydrogen (secondary N) is 1. The highest BCUT2D eigenvalue weighted by Crippen LogP contribution is 2.50. The number of carboxylic acid groups (broad SMARTS) is 1. The summed E-state index contributed by atoms with van der Waals surface area (Å²) in [4.78, 5) is 40.4. The minimum atomic E-state index is -3.42. The number of fused-ring (bicyclic) bond motifs is 1. The maximum absolute atomic E-state index is 13.4. The van der Waals surface area contributed by atoms with Gasteiger partial charge in [0.2, 0.25) is 11.8 Å². The van der Waals surface area contributed by atoms with Crippen LogP contribution in [0.2, 0.25) is 0 Å². The Kier molecular flexibility index (Phi) is 7.08. The van der Waals surface area contributed by atoms with Crippen molar-refractivity contribution in [3.8, 4) is 11.1 Å². The highest BCUT2D eigenvalue weighted by molar-refractivity contribution is 7.98. The van der Waals surface area contributed by atoms with E-state index in [-0.39, 0.29) is 18.7 Å². The number of amides is 2. The van der Waals surface area contributed by atoms with Crippen LogP contribution in [0.15, 0.2) is 54.6 Å². The van der Waals surface area contributed by atoms with E-state index in [0.717, 1.165) is 22.3 Å². The molecule has 2 aliphatic rings. The lowest BCUT2D eigenvalue weighted by atomic mass is 9.78. The first kappa shape index (κ1) is 25.4. The number of thioether (sulfide) groups is 1. The summed E-state index contributed by atoms with van der Waals surface area (Å²) in [5, 5.41) is 13.5. The zero-order valence-corrected chi connectivity index (χ0v) is 21.1. The molecule has 2 heterocycles. The van der Waals surface area contributed by atoms with Crippen LogP contribution < -0.4 is 5.32 Å².